The zero-order valence-electron chi connectivity index (χ0n) is 11.0. The fraction of sp³-hybridized carbons (Fsp3) is 0.533. The molecule has 94 valence electrons. The molecular formula is C15H23NO. The zero-order valence-corrected chi connectivity index (χ0v) is 11.0. The molecule has 0 unspecified atom stereocenters. The molecule has 0 aliphatic carbocycles. The van der Waals surface area contributed by atoms with Gasteiger partial charge < -0.3 is 5.32 Å². The highest BCUT2D eigenvalue weighted by Gasteiger charge is 2.01. The van der Waals surface area contributed by atoms with Gasteiger partial charge in [0, 0.05) is 13.0 Å². The maximum absolute atomic E-state index is 11.6. The zero-order chi connectivity index (χ0) is 12.5. The highest BCUT2D eigenvalue weighted by atomic mass is 16.1. The lowest BCUT2D eigenvalue weighted by Crippen LogP contribution is -2.24. The Morgan fingerprint density at radius 1 is 1.29 bits per heavy atom. The Balaban J connectivity index is 2.19. The minimum atomic E-state index is 0.169. The van der Waals surface area contributed by atoms with E-state index < -0.39 is 0 Å². The lowest BCUT2D eigenvalue weighted by atomic mass is 10.1. The normalized spacial score (nSPS) is 10.2. The van der Waals surface area contributed by atoms with Crippen molar-refractivity contribution >= 4 is 5.91 Å². The van der Waals surface area contributed by atoms with Crippen LogP contribution in [-0.2, 0) is 11.2 Å². The maximum atomic E-state index is 11.6. The second-order valence-electron chi connectivity index (χ2n) is 4.55. The quantitative estimate of drug-likeness (QED) is 0.720. The largest absolute Gasteiger partial charge is 0.356 e. The van der Waals surface area contributed by atoms with Crippen LogP contribution in [0.2, 0.25) is 0 Å². The summed E-state index contributed by atoms with van der Waals surface area (Å²) in [6.45, 7) is 5.06. The van der Waals surface area contributed by atoms with Crippen molar-refractivity contribution in [3.8, 4) is 0 Å². The summed E-state index contributed by atoms with van der Waals surface area (Å²) in [4.78, 5) is 11.6. The number of hydrogen-bond acceptors (Lipinski definition) is 1. The first-order chi connectivity index (χ1) is 8.22. The molecule has 0 saturated heterocycles. The fourth-order valence-corrected chi connectivity index (χ4v) is 1.82. The summed E-state index contributed by atoms with van der Waals surface area (Å²) in [7, 11) is 0. The lowest BCUT2D eigenvalue weighted by Gasteiger charge is -2.05. The summed E-state index contributed by atoms with van der Waals surface area (Å²) in [5.74, 6) is 0.169. The summed E-state index contributed by atoms with van der Waals surface area (Å²) in [5, 5.41) is 2.96. The van der Waals surface area contributed by atoms with Crippen LogP contribution in [0.5, 0.6) is 0 Å². The molecule has 1 rings (SSSR count). The van der Waals surface area contributed by atoms with E-state index in [2.05, 4.69) is 37.4 Å². The smallest absolute Gasteiger partial charge is 0.220 e. The summed E-state index contributed by atoms with van der Waals surface area (Å²) < 4.78 is 0. The number of hydrogen-bond donors (Lipinski definition) is 1. The first-order valence-corrected chi connectivity index (χ1v) is 6.54. The topological polar surface area (TPSA) is 29.1 Å². The average Bonchev–Trinajstić information content (AvgIpc) is 2.32. The Morgan fingerprint density at radius 2 is 2.12 bits per heavy atom. The molecule has 1 amide bonds. The molecule has 1 N–H and O–H groups in total. The third kappa shape index (κ3) is 6.10. The van der Waals surface area contributed by atoms with Crippen molar-refractivity contribution in [1.82, 2.24) is 5.32 Å². The van der Waals surface area contributed by atoms with Crippen LogP contribution in [0.1, 0.15) is 43.7 Å². The van der Waals surface area contributed by atoms with E-state index in [0.29, 0.717) is 6.42 Å². The number of carbonyl (C=O) groups excluding carboxylic acids is 1. The first kappa shape index (κ1) is 13.8. The molecule has 17 heavy (non-hydrogen) atoms. The van der Waals surface area contributed by atoms with Gasteiger partial charge in [-0.1, -0.05) is 49.6 Å². The minimum Gasteiger partial charge on any atom is -0.356 e. The van der Waals surface area contributed by atoms with Gasteiger partial charge in [-0.05, 0) is 25.3 Å². The first-order valence-electron chi connectivity index (χ1n) is 6.54. The van der Waals surface area contributed by atoms with Crippen LogP contribution in [0.25, 0.3) is 0 Å². The number of carbonyl (C=O) groups is 1. The van der Waals surface area contributed by atoms with Crippen LogP contribution in [0.15, 0.2) is 24.3 Å². The standard InChI is InChI=1S/C15H23NO/c1-3-4-5-11-16-15(17)10-9-14-8-6-7-13(2)12-14/h6-8,12H,3-5,9-11H2,1-2H3,(H,16,17). The molecule has 2 nitrogen and oxygen atoms in total. The van der Waals surface area contributed by atoms with E-state index in [1.807, 2.05) is 6.07 Å². The third-order valence-corrected chi connectivity index (χ3v) is 2.83. The van der Waals surface area contributed by atoms with Gasteiger partial charge in [-0.15, -0.1) is 0 Å². The second-order valence-corrected chi connectivity index (χ2v) is 4.55. The molecule has 0 atom stereocenters. The highest BCUT2D eigenvalue weighted by molar-refractivity contribution is 5.76. The maximum Gasteiger partial charge on any atom is 0.220 e. The van der Waals surface area contributed by atoms with E-state index in [9.17, 15) is 4.79 Å². The molecule has 0 aliphatic heterocycles. The Bertz CT molecular complexity index is 347. The Hall–Kier alpha value is -1.31. The molecule has 0 fully saturated rings. The second kappa shape index (κ2) is 7.88. The number of benzene rings is 1. The molecule has 1 aromatic carbocycles. The molecular weight excluding hydrogens is 210 g/mol. The van der Waals surface area contributed by atoms with Crippen molar-refractivity contribution in [2.75, 3.05) is 6.54 Å². The number of rotatable bonds is 7. The molecule has 0 aliphatic rings. The van der Waals surface area contributed by atoms with Crippen molar-refractivity contribution < 1.29 is 4.79 Å². The Labute approximate surface area is 104 Å². The van der Waals surface area contributed by atoms with Gasteiger partial charge in [0.15, 0.2) is 0 Å². The Morgan fingerprint density at radius 3 is 2.82 bits per heavy atom. The number of amides is 1. The van der Waals surface area contributed by atoms with Gasteiger partial charge in [0.2, 0.25) is 5.91 Å². The summed E-state index contributed by atoms with van der Waals surface area (Å²) in [5.41, 5.74) is 2.50. The van der Waals surface area contributed by atoms with Crippen molar-refractivity contribution in [2.45, 2.75) is 46.0 Å². The van der Waals surface area contributed by atoms with Crippen LogP contribution in [0.4, 0.5) is 0 Å². The summed E-state index contributed by atoms with van der Waals surface area (Å²) in [6.07, 6.45) is 4.90. The van der Waals surface area contributed by atoms with Gasteiger partial charge in [-0.3, -0.25) is 4.79 Å². The van der Waals surface area contributed by atoms with Gasteiger partial charge in [-0.2, -0.15) is 0 Å². The van der Waals surface area contributed by atoms with Crippen molar-refractivity contribution in [3.05, 3.63) is 35.4 Å². The third-order valence-electron chi connectivity index (χ3n) is 2.83. The highest BCUT2D eigenvalue weighted by Crippen LogP contribution is 2.06. The molecule has 2 heteroatoms. The molecule has 0 spiro atoms. The van der Waals surface area contributed by atoms with Crippen LogP contribution in [-0.4, -0.2) is 12.5 Å². The predicted octanol–water partition coefficient (Wildman–Crippen LogP) is 3.23. The lowest BCUT2D eigenvalue weighted by molar-refractivity contribution is -0.121. The predicted molar refractivity (Wildman–Crippen MR) is 72.0 cm³/mol. The van der Waals surface area contributed by atoms with Crippen LogP contribution < -0.4 is 5.32 Å². The monoisotopic (exact) mass is 233 g/mol. The van der Waals surface area contributed by atoms with E-state index in [-0.39, 0.29) is 5.91 Å². The Kier molecular flexibility index (Phi) is 6.38. The van der Waals surface area contributed by atoms with E-state index in [1.54, 1.807) is 0 Å². The van der Waals surface area contributed by atoms with Gasteiger partial charge >= 0.3 is 0 Å². The van der Waals surface area contributed by atoms with Crippen molar-refractivity contribution in [3.63, 3.8) is 0 Å². The van der Waals surface area contributed by atoms with E-state index in [1.165, 1.54) is 24.0 Å². The van der Waals surface area contributed by atoms with Crippen LogP contribution >= 0.6 is 0 Å². The minimum absolute atomic E-state index is 0.169. The van der Waals surface area contributed by atoms with Crippen molar-refractivity contribution in [2.24, 2.45) is 0 Å². The molecule has 0 radical (unpaired) electrons. The van der Waals surface area contributed by atoms with Gasteiger partial charge in [0.05, 0.1) is 0 Å². The molecule has 0 aromatic heterocycles. The number of unbranched alkanes of at least 4 members (excludes halogenated alkanes) is 2. The van der Waals surface area contributed by atoms with E-state index in [4.69, 9.17) is 0 Å². The van der Waals surface area contributed by atoms with E-state index in [0.717, 1.165) is 19.4 Å². The molecule has 0 bridgehead atoms. The fourth-order valence-electron chi connectivity index (χ4n) is 1.82. The summed E-state index contributed by atoms with van der Waals surface area (Å²) >= 11 is 0. The SMILES string of the molecule is CCCCCNC(=O)CCc1cccc(C)c1. The average molecular weight is 233 g/mol. The molecule has 1 aromatic rings. The number of aryl methyl sites for hydroxylation is 2. The van der Waals surface area contributed by atoms with Crippen molar-refractivity contribution in [1.29, 1.82) is 0 Å². The van der Waals surface area contributed by atoms with Gasteiger partial charge in [0.1, 0.15) is 0 Å². The molecule has 0 saturated carbocycles. The summed E-state index contributed by atoms with van der Waals surface area (Å²) in [6, 6.07) is 8.35. The molecule has 0 heterocycles. The van der Waals surface area contributed by atoms with Gasteiger partial charge in [0.25, 0.3) is 0 Å². The van der Waals surface area contributed by atoms with Crippen LogP contribution in [0, 0.1) is 6.92 Å². The van der Waals surface area contributed by atoms with E-state index >= 15 is 0 Å². The van der Waals surface area contributed by atoms with Gasteiger partial charge in [-0.25, -0.2) is 0 Å². The number of nitrogens with one attached hydrogen (secondary N) is 1. The van der Waals surface area contributed by atoms with Crippen LogP contribution in [0.3, 0.4) is 0 Å².